The normalized spacial score (nSPS) is 16.6. The highest BCUT2D eigenvalue weighted by atomic mass is 19.4. The number of piperidine rings is 1. The highest BCUT2D eigenvalue weighted by molar-refractivity contribution is 5.80. The van der Waals surface area contributed by atoms with Crippen LogP contribution in [-0.2, 0) is 22.8 Å². The Morgan fingerprint density at radius 1 is 1.07 bits per heavy atom. The van der Waals surface area contributed by atoms with Crippen LogP contribution in [0.2, 0.25) is 0 Å². The van der Waals surface area contributed by atoms with Crippen molar-refractivity contribution < 1.29 is 27.8 Å². The second-order valence-electron chi connectivity index (χ2n) is 13.1. The zero-order chi connectivity index (χ0) is 31.5. The van der Waals surface area contributed by atoms with E-state index in [0.717, 1.165) is 43.4 Å². The van der Waals surface area contributed by atoms with Gasteiger partial charge in [0, 0.05) is 43.0 Å². The molecule has 5 rings (SSSR count). The Morgan fingerprint density at radius 2 is 1.72 bits per heavy atom. The number of ether oxygens (including phenoxy) is 1. The fourth-order valence-corrected chi connectivity index (χ4v) is 5.65. The standard InChI is InChI=1S/C32H38F3N5O3/c1-19-15-25-36-22(20-9-8-10-21(16-20)23-17-24(32(33,34)35)37-38(23)7)18-40(25)28(39-13-11-31(5,6)12-14-39)26(19)27(29(41)42)43-30(2,3)4/h8-10,15-18,27H,11-14H2,1-7H3,(H,41,42). The summed E-state index contributed by atoms with van der Waals surface area (Å²) in [6.45, 7) is 13.3. The van der Waals surface area contributed by atoms with Crippen LogP contribution in [0.25, 0.3) is 28.2 Å². The van der Waals surface area contributed by atoms with Crippen LogP contribution in [0.4, 0.5) is 19.0 Å². The van der Waals surface area contributed by atoms with Gasteiger partial charge in [0.2, 0.25) is 0 Å². The molecular formula is C32H38F3N5O3. The van der Waals surface area contributed by atoms with E-state index in [9.17, 15) is 23.1 Å². The molecule has 0 bridgehead atoms. The van der Waals surface area contributed by atoms with Gasteiger partial charge in [0.05, 0.1) is 17.0 Å². The van der Waals surface area contributed by atoms with Crippen molar-refractivity contribution in [1.82, 2.24) is 19.2 Å². The molecule has 1 aliphatic rings. The van der Waals surface area contributed by atoms with Gasteiger partial charge in [-0.1, -0.05) is 32.0 Å². The Balaban J connectivity index is 1.66. The van der Waals surface area contributed by atoms with Gasteiger partial charge in [-0.2, -0.15) is 18.3 Å². The number of hydrogen-bond donors (Lipinski definition) is 1. The number of halogens is 3. The van der Waals surface area contributed by atoms with Gasteiger partial charge in [-0.3, -0.25) is 9.08 Å². The molecule has 4 heterocycles. The zero-order valence-corrected chi connectivity index (χ0v) is 25.6. The van der Waals surface area contributed by atoms with Gasteiger partial charge < -0.3 is 14.7 Å². The van der Waals surface area contributed by atoms with Gasteiger partial charge in [0.25, 0.3) is 0 Å². The number of imidazole rings is 1. The predicted octanol–water partition coefficient (Wildman–Crippen LogP) is 7.30. The summed E-state index contributed by atoms with van der Waals surface area (Å²) in [6, 6.07) is 10.1. The van der Waals surface area contributed by atoms with Gasteiger partial charge >= 0.3 is 12.1 Å². The Bertz CT molecular complexity index is 1670. The Kier molecular flexibility index (Phi) is 7.61. The number of nitrogens with zero attached hydrogens (tertiary/aromatic N) is 5. The van der Waals surface area contributed by atoms with Crippen molar-refractivity contribution in [2.24, 2.45) is 12.5 Å². The molecule has 0 radical (unpaired) electrons. The van der Waals surface area contributed by atoms with Crippen LogP contribution in [0.3, 0.4) is 0 Å². The summed E-state index contributed by atoms with van der Waals surface area (Å²) in [5.41, 5.74) is 2.71. The number of hydrogen-bond acceptors (Lipinski definition) is 5. The number of carboxylic acids is 1. The van der Waals surface area contributed by atoms with E-state index in [4.69, 9.17) is 9.72 Å². The molecule has 1 aliphatic heterocycles. The molecule has 0 spiro atoms. The summed E-state index contributed by atoms with van der Waals surface area (Å²) in [5.74, 6) is -0.336. The lowest BCUT2D eigenvalue weighted by Crippen LogP contribution is -2.40. The highest BCUT2D eigenvalue weighted by Crippen LogP contribution is 2.40. The molecule has 43 heavy (non-hydrogen) atoms. The lowest BCUT2D eigenvalue weighted by Gasteiger charge is -2.40. The first-order chi connectivity index (χ1) is 19.9. The number of carboxylic acid groups (broad SMARTS) is 1. The number of carbonyl (C=O) groups is 1. The van der Waals surface area contributed by atoms with Crippen molar-refractivity contribution in [3.63, 3.8) is 0 Å². The third-order valence-electron chi connectivity index (χ3n) is 7.97. The molecule has 3 aromatic heterocycles. The van der Waals surface area contributed by atoms with E-state index in [1.807, 2.05) is 50.4 Å². The van der Waals surface area contributed by atoms with E-state index >= 15 is 0 Å². The van der Waals surface area contributed by atoms with Crippen molar-refractivity contribution in [3.8, 4) is 22.5 Å². The van der Waals surface area contributed by atoms with Crippen LogP contribution < -0.4 is 4.90 Å². The maximum atomic E-state index is 13.3. The predicted molar refractivity (Wildman–Crippen MR) is 159 cm³/mol. The van der Waals surface area contributed by atoms with Crippen LogP contribution in [0.1, 0.15) is 70.4 Å². The summed E-state index contributed by atoms with van der Waals surface area (Å²) < 4.78 is 49.2. The van der Waals surface area contributed by atoms with Crippen molar-refractivity contribution in [1.29, 1.82) is 0 Å². The lowest BCUT2D eigenvalue weighted by molar-refractivity contribution is -0.160. The van der Waals surface area contributed by atoms with Gasteiger partial charge in [-0.05, 0) is 69.7 Å². The van der Waals surface area contributed by atoms with E-state index in [1.165, 1.54) is 11.7 Å². The fraction of sp³-hybridized carbons (Fsp3) is 0.469. The Labute approximate surface area is 249 Å². The molecule has 1 fully saturated rings. The monoisotopic (exact) mass is 597 g/mol. The van der Waals surface area contributed by atoms with Crippen LogP contribution in [-0.4, -0.2) is 48.9 Å². The van der Waals surface area contributed by atoms with Crippen LogP contribution in [0.15, 0.2) is 42.6 Å². The summed E-state index contributed by atoms with van der Waals surface area (Å²) >= 11 is 0. The third-order valence-corrected chi connectivity index (χ3v) is 7.97. The molecular weight excluding hydrogens is 559 g/mol. The number of rotatable bonds is 6. The lowest BCUT2D eigenvalue weighted by atomic mass is 9.82. The minimum absolute atomic E-state index is 0.173. The Hall–Kier alpha value is -3.86. The first-order valence-corrected chi connectivity index (χ1v) is 14.3. The van der Waals surface area contributed by atoms with Gasteiger partial charge in [0.15, 0.2) is 11.8 Å². The van der Waals surface area contributed by atoms with Crippen molar-refractivity contribution in [2.75, 3.05) is 18.0 Å². The summed E-state index contributed by atoms with van der Waals surface area (Å²) in [5, 5.41) is 14.0. The summed E-state index contributed by atoms with van der Waals surface area (Å²) in [4.78, 5) is 19.8. The van der Waals surface area contributed by atoms with Gasteiger partial charge in [-0.15, -0.1) is 0 Å². The first-order valence-electron chi connectivity index (χ1n) is 14.3. The number of aliphatic carboxylic acids is 1. The fourth-order valence-electron chi connectivity index (χ4n) is 5.65. The largest absolute Gasteiger partial charge is 0.479 e. The molecule has 0 saturated carbocycles. The highest BCUT2D eigenvalue weighted by Gasteiger charge is 2.36. The second kappa shape index (κ2) is 10.7. The molecule has 1 unspecified atom stereocenters. The average Bonchev–Trinajstić information content (AvgIpc) is 3.50. The zero-order valence-electron chi connectivity index (χ0n) is 25.6. The second-order valence-corrected chi connectivity index (χ2v) is 13.1. The van der Waals surface area contributed by atoms with Crippen molar-refractivity contribution >= 4 is 17.4 Å². The maximum Gasteiger partial charge on any atom is 0.435 e. The van der Waals surface area contributed by atoms with E-state index in [-0.39, 0.29) is 5.41 Å². The van der Waals surface area contributed by atoms with E-state index < -0.39 is 29.5 Å². The van der Waals surface area contributed by atoms with E-state index in [1.54, 1.807) is 18.2 Å². The smallest absolute Gasteiger partial charge is 0.435 e. The van der Waals surface area contributed by atoms with Crippen molar-refractivity contribution in [3.05, 3.63) is 59.4 Å². The number of aryl methyl sites for hydroxylation is 2. The number of alkyl halides is 3. The molecule has 11 heteroatoms. The van der Waals surface area contributed by atoms with Gasteiger partial charge in [0.1, 0.15) is 11.5 Å². The number of benzene rings is 1. The summed E-state index contributed by atoms with van der Waals surface area (Å²) in [7, 11) is 1.48. The SMILES string of the molecule is Cc1cc2nc(-c3cccc(-c4cc(C(F)(F)F)nn4C)c3)cn2c(N2CCC(C)(C)CC2)c1C(OC(C)(C)C)C(=O)O. The average molecular weight is 598 g/mol. The summed E-state index contributed by atoms with van der Waals surface area (Å²) in [6.07, 6.45) is -2.00. The quantitative estimate of drug-likeness (QED) is 0.251. The van der Waals surface area contributed by atoms with Gasteiger partial charge in [-0.25, -0.2) is 9.78 Å². The molecule has 230 valence electrons. The molecule has 1 saturated heterocycles. The van der Waals surface area contributed by atoms with Crippen LogP contribution in [0, 0.1) is 12.3 Å². The molecule has 0 amide bonds. The van der Waals surface area contributed by atoms with Crippen LogP contribution >= 0.6 is 0 Å². The number of aromatic nitrogens is 4. The minimum atomic E-state index is -4.55. The molecule has 1 N–H and O–H groups in total. The maximum absolute atomic E-state index is 13.3. The Morgan fingerprint density at radius 3 is 2.30 bits per heavy atom. The molecule has 4 aromatic rings. The van der Waals surface area contributed by atoms with E-state index in [0.29, 0.717) is 33.7 Å². The molecule has 1 aromatic carbocycles. The molecule has 0 aliphatic carbocycles. The van der Waals surface area contributed by atoms with Crippen LogP contribution in [0.5, 0.6) is 0 Å². The number of anilines is 1. The number of fused-ring (bicyclic) bond motifs is 1. The minimum Gasteiger partial charge on any atom is -0.479 e. The topological polar surface area (TPSA) is 84.9 Å². The third kappa shape index (κ3) is 6.27. The molecule has 8 nitrogen and oxygen atoms in total. The first kappa shape index (κ1) is 30.6. The molecule has 1 atom stereocenters. The van der Waals surface area contributed by atoms with E-state index in [2.05, 4.69) is 23.8 Å². The van der Waals surface area contributed by atoms with Crippen molar-refractivity contribution in [2.45, 2.75) is 72.3 Å². The number of pyridine rings is 1.